The summed E-state index contributed by atoms with van der Waals surface area (Å²) in [7, 11) is -3.71. The highest BCUT2D eigenvalue weighted by Crippen LogP contribution is 2.23. The second-order valence-electron chi connectivity index (χ2n) is 8.19. The highest BCUT2D eigenvalue weighted by atomic mass is 32.2. The number of rotatable bonds is 6. The van der Waals surface area contributed by atoms with Crippen LogP contribution >= 0.6 is 11.3 Å². The number of likely N-dealkylation sites (tertiary alicyclic amines) is 1. The number of amides is 1. The summed E-state index contributed by atoms with van der Waals surface area (Å²) in [5, 5.41) is 1.67. The van der Waals surface area contributed by atoms with Crippen LogP contribution in [0.2, 0.25) is 0 Å². The Morgan fingerprint density at radius 1 is 1.23 bits per heavy atom. The zero-order valence-electron chi connectivity index (χ0n) is 17.7. The van der Waals surface area contributed by atoms with Gasteiger partial charge in [0.05, 0.1) is 11.6 Å². The number of nitrogens with zero attached hydrogens (tertiary/aromatic N) is 1. The van der Waals surface area contributed by atoms with E-state index < -0.39 is 27.7 Å². The Balaban J connectivity index is 1.61. The molecule has 1 unspecified atom stereocenters. The van der Waals surface area contributed by atoms with Crippen LogP contribution in [-0.4, -0.2) is 50.2 Å². The maximum Gasteiger partial charge on any atom is 0.410 e. The predicted molar refractivity (Wildman–Crippen MR) is 118 cm³/mol. The van der Waals surface area contributed by atoms with Crippen LogP contribution in [0.4, 0.5) is 10.5 Å². The molecule has 1 amide bonds. The van der Waals surface area contributed by atoms with Gasteiger partial charge in [-0.25, -0.2) is 18.0 Å². The van der Waals surface area contributed by atoms with Crippen molar-refractivity contribution >= 4 is 39.1 Å². The lowest BCUT2D eigenvalue weighted by Gasteiger charge is -2.28. The molecule has 3 rings (SSSR count). The lowest BCUT2D eigenvalue weighted by molar-refractivity contribution is 0.0106. The van der Waals surface area contributed by atoms with E-state index in [2.05, 4.69) is 4.72 Å². The molecule has 31 heavy (non-hydrogen) atoms. The number of sulfonamides is 1. The number of benzene rings is 1. The van der Waals surface area contributed by atoms with Gasteiger partial charge >= 0.3 is 12.1 Å². The summed E-state index contributed by atoms with van der Waals surface area (Å²) >= 11 is 1.10. The third kappa shape index (κ3) is 6.20. The second-order valence-corrected chi connectivity index (χ2v) is 11.0. The van der Waals surface area contributed by atoms with Crippen LogP contribution in [0, 0.1) is 0 Å². The molecule has 1 N–H and O–H groups in total. The molecule has 1 aliphatic rings. The van der Waals surface area contributed by atoms with Crippen LogP contribution in [0.1, 0.15) is 44.0 Å². The molecule has 8 nitrogen and oxygen atoms in total. The van der Waals surface area contributed by atoms with E-state index in [1.165, 1.54) is 12.1 Å². The molecular weight excluding hydrogens is 440 g/mol. The van der Waals surface area contributed by atoms with Gasteiger partial charge in [0.15, 0.2) is 0 Å². The molecule has 10 heteroatoms. The first-order chi connectivity index (χ1) is 14.5. The molecule has 1 aliphatic heterocycles. The molecule has 1 atom stereocenters. The zero-order valence-corrected chi connectivity index (χ0v) is 19.3. The molecule has 0 spiro atoms. The van der Waals surface area contributed by atoms with E-state index in [0.717, 1.165) is 17.8 Å². The van der Waals surface area contributed by atoms with Gasteiger partial charge in [-0.1, -0.05) is 12.1 Å². The van der Waals surface area contributed by atoms with E-state index in [9.17, 15) is 18.0 Å². The van der Waals surface area contributed by atoms with Gasteiger partial charge in [-0.3, -0.25) is 4.72 Å². The largest absolute Gasteiger partial charge is 0.460 e. The van der Waals surface area contributed by atoms with Crippen molar-refractivity contribution in [2.75, 3.05) is 17.9 Å². The summed E-state index contributed by atoms with van der Waals surface area (Å²) < 4.78 is 38.2. The summed E-state index contributed by atoms with van der Waals surface area (Å²) in [6, 6.07) is 9.01. The summed E-state index contributed by atoms with van der Waals surface area (Å²) in [6.07, 6.45) is 1.10. The van der Waals surface area contributed by atoms with Crippen molar-refractivity contribution in [1.82, 2.24) is 4.90 Å². The first kappa shape index (κ1) is 23.1. The third-order valence-corrected chi connectivity index (χ3v) is 7.30. The standard InChI is InChI=1S/C21H26N2O6S2/c1-21(2,3)29-20(25)23-11-5-9-17(23)14-28-19(24)15-7-4-8-16(13-15)22-31(26,27)18-10-6-12-30-18/h4,6-8,10,12-13,17,22H,5,9,11,14H2,1-3H3. The Bertz CT molecular complexity index is 1030. The summed E-state index contributed by atoms with van der Waals surface area (Å²) in [5.74, 6) is -0.590. The van der Waals surface area contributed by atoms with E-state index in [-0.39, 0.29) is 28.1 Å². The predicted octanol–water partition coefficient (Wildman–Crippen LogP) is 4.11. The van der Waals surface area contributed by atoms with Gasteiger partial charge in [0.1, 0.15) is 16.4 Å². The van der Waals surface area contributed by atoms with Crippen molar-refractivity contribution < 1.29 is 27.5 Å². The molecule has 1 aromatic heterocycles. The summed E-state index contributed by atoms with van der Waals surface area (Å²) in [4.78, 5) is 26.5. The molecule has 0 aliphatic carbocycles. The Morgan fingerprint density at radius 2 is 2.00 bits per heavy atom. The molecule has 0 saturated carbocycles. The van der Waals surface area contributed by atoms with Gasteiger partial charge in [0.2, 0.25) is 0 Å². The van der Waals surface area contributed by atoms with Gasteiger partial charge in [-0.2, -0.15) is 0 Å². The molecule has 1 saturated heterocycles. The van der Waals surface area contributed by atoms with Crippen molar-refractivity contribution in [3.05, 3.63) is 47.3 Å². The Kier molecular flexibility index (Phi) is 6.90. The minimum Gasteiger partial charge on any atom is -0.460 e. The van der Waals surface area contributed by atoms with Crippen molar-refractivity contribution in [3.63, 3.8) is 0 Å². The molecule has 2 heterocycles. The van der Waals surface area contributed by atoms with Crippen molar-refractivity contribution in [2.24, 2.45) is 0 Å². The SMILES string of the molecule is CC(C)(C)OC(=O)N1CCCC1COC(=O)c1cccc(NS(=O)(=O)c2cccs2)c1. The van der Waals surface area contributed by atoms with Crippen LogP contribution < -0.4 is 4.72 Å². The van der Waals surface area contributed by atoms with Crippen LogP contribution in [0.15, 0.2) is 46.0 Å². The van der Waals surface area contributed by atoms with E-state index in [4.69, 9.17) is 9.47 Å². The number of carbonyl (C=O) groups excluding carboxylic acids is 2. The fraction of sp³-hybridized carbons (Fsp3) is 0.429. The lowest BCUT2D eigenvalue weighted by Crippen LogP contribution is -2.42. The summed E-state index contributed by atoms with van der Waals surface area (Å²) in [5.41, 5.74) is -0.120. The van der Waals surface area contributed by atoms with Gasteiger partial charge < -0.3 is 14.4 Å². The minimum absolute atomic E-state index is 0.0449. The quantitative estimate of drug-likeness (QED) is 0.643. The average molecular weight is 467 g/mol. The van der Waals surface area contributed by atoms with Crippen molar-refractivity contribution in [1.29, 1.82) is 0 Å². The minimum atomic E-state index is -3.71. The maximum absolute atomic E-state index is 12.5. The number of hydrogen-bond acceptors (Lipinski definition) is 7. The summed E-state index contributed by atoms with van der Waals surface area (Å²) in [6.45, 7) is 6.00. The number of esters is 1. The average Bonchev–Trinajstić information content (AvgIpc) is 3.36. The molecule has 168 valence electrons. The fourth-order valence-electron chi connectivity index (χ4n) is 3.16. The van der Waals surface area contributed by atoms with Gasteiger partial charge in [-0.15, -0.1) is 11.3 Å². The van der Waals surface area contributed by atoms with Crippen LogP contribution in [0.5, 0.6) is 0 Å². The van der Waals surface area contributed by atoms with E-state index >= 15 is 0 Å². The molecule has 2 aromatic rings. The highest BCUT2D eigenvalue weighted by Gasteiger charge is 2.33. The number of thiophene rings is 1. The van der Waals surface area contributed by atoms with E-state index in [1.807, 2.05) is 0 Å². The topological polar surface area (TPSA) is 102 Å². The third-order valence-electron chi connectivity index (χ3n) is 4.52. The Morgan fingerprint density at radius 3 is 2.68 bits per heavy atom. The van der Waals surface area contributed by atoms with E-state index in [1.54, 1.807) is 55.3 Å². The monoisotopic (exact) mass is 466 g/mol. The number of nitrogens with one attached hydrogen (secondary N) is 1. The smallest absolute Gasteiger partial charge is 0.410 e. The first-order valence-corrected chi connectivity index (χ1v) is 12.2. The number of hydrogen-bond donors (Lipinski definition) is 1. The first-order valence-electron chi connectivity index (χ1n) is 9.88. The zero-order chi connectivity index (χ0) is 22.6. The molecular formula is C21H26N2O6S2. The van der Waals surface area contributed by atoms with Crippen molar-refractivity contribution in [2.45, 2.75) is 49.5 Å². The van der Waals surface area contributed by atoms with Gasteiger partial charge in [-0.05, 0) is 63.3 Å². The van der Waals surface area contributed by atoms with Gasteiger partial charge in [0, 0.05) is 12.2 Å². The maximum atomic E-state index is 12.5. The Hall–Kier alpha value is -2.59. The van der Waals surface area contributed by atoms with Crippen molar-refractivity contribution in [3.8, 4) is 0 Å². The second kappa shape index (κ2) is 9.27. The fourth-order valence-corrected chi connectivity index (χ4v) is 5.20. The number of anilines is 1. The van der Waals surface area contributed by atoms with Crippen LogP contribution in [0.3, 0.4) is 0 Å². The van der Waals surface area contributed by atoms with E-state index in [0.29, 0.717) is 13.0 Å². The Labute approximate surface area is 186 Å². The lowest BCUT2D eigenvalue weighted by atomic mass is 10.2. The van der Waals surface area contributed by atoms with Gasteiger partial charge in [0.25, 0.3) is 10.0 Å². The van der Waals surface area contributed by atoms with Crippen LogP contribution in [-0.2, 0) is 19.5 Å². The van der Waals surface area contributed by atoms with Crippen LogP contribution in [0.25, 0.3) is 0 Å². The highest BCUT2D eigenvalue weighted by molar-refractivity contribution is 7.94. The molecule has 0 bridgehead atoms. The number of ether oxygens (including phenoxy) is 2. The number of carbonyl (C=O) groups is 2. The normalized spacial score (nSPS) is 16.7. The molecule has 1 aromatic carbocycles. The molecule has 0 radical (unpaired) electrons. The molecule has 1 fully saturated rings.